The number of ether oxygens (including phenoxy) is 2. The van der Waals surface area contributed by atoms with Crippen molar-refractivity contribution in [3.63, 3.8) is 0 Å². The molecule has 1 aromatic carbocycles. The van der Waals surface area contributed by atoms with E-state index in [1.165, 1.54) is 20.6 Å². The van der Waals surface area contributed by atoms with Gasteiger partial charge in [-0.05, 0) is 30.9 Å². The van der Waals surface area contributed by atoms with Crippen LogP contribution in [0, 0.1) is 5.92 Å². The van der Waals surface area contributed by atoms with Gasteiger partial charge in [0, 0.05) is 17.7 Å². The SMILES string of the molecule is COc1cc(OC)cc(C(=O)NCC(=O)N[C@@H]2CCCC[C@@H]2C)c1. The van der Waals surface area contributed by atoms with Gasteiger partial charge in [-0.25, -0.2) is 0 Å². The van der Waals surface area contributed by atoms with Crippen molar-refractivity contribution in [1.82, 2.24) is 10.6 Å². The summed E-state index contributed by atoms with van der Waals surface area (Å²) in [6.07, 6.45) is 4.52. The smallest absolute Gasteiger partial charge is 0.251 e. The Labute approximate surface area is 142 Å². The lowest BCUT2D eigenvalue weighted by Gasteiger charge is -2.29. The van der Waals surface area contributed by atoms with Gasteiger partial charge >= 0.3 is 0 Å². The summed E-state index contributed by atoms with van der Waals surface area (Å²) in [5, 5.41) is 5.66. The van der Waals surface area contributed by atoms with Crippen molar-refractivity contribution in [1.29, 1.82) is 0 Å². The predicted octanol–water partition coefficient (Wildman–Crippen LogP) is 2.13. The molecule has 0 aromatic heterocycles. The Morgan fingerprint density at radius 1 is 1.08 bits per heavy atom. The van der Waals surface area contributed by atoms with Crippen molar-refractivity contribution in [3.8, 4) is 11.5 Å². The van der Waals surface area contributed by atoms with Gasteiger partial charge in [-0.15, -0.1) is 0 Å². The molecule has 132 valence electrons. The topological polar surface area (TPSA) is 76.7 Å². The first kappa shape index (κ1) is 18.1. The van der Waals surface area contributed by atoms with Gasteiger partial charge in [0.25, 0.3) is 5.91 Å². The minimum Gasteiger partial charge on any atom is -0.497 e. The number of rotatable bonds is 6. The normalized spacial score (nSPS) is 20.1. The fourth-order valence-corrected chi connectivity index (χ4v) is 2.99. The molecular weight excluding hydrogens is 308 g/mol. The van der Waals surface area contributed by atoms with Crippen molar-refractivity contribution < 1.29 is 19.1 Å². The van der Waals surface area contributed by atoms with Crippen LogP contribution in [0.15, 0.2) is 18.2 Å². The predicted molar refractivity (Wildman–Crippen MR) is 91.4 cm³/mol. The van der Waals surface area contributed by atoms with Crippen LogP contribution in [-0.4, -0.2) is 38.6 Å². The minimum absolute atomic E-state index is 0.0401. The maximum Gasteiger partial charge on any atom is 0.251 e. The summed E-state index contributed by atoms with van der Waals surface area (Å²) in [6.45, 7) is 2.12. The molecule has 0 radical (unpaired) electrons. The van der Waals surface area contributed by atoms with Crippen LogP contribution in [0.2, 0.25) is 0 Å². The van der Waals surface area contributed by atoms with Crippen molar-refractivity contribution in [2.24, 2.45) is 5.92 Å². The summed E-state index contributed by atoms with van der Waals surface area (Å²) in [5.41, 5.74) is 0.394. The molecule has 6 nitrogen and oxygen atoms in total. The second-order valence-electron chi connectivity index (χ2n) is 6.22. The van der Waals surface area contributed by atoms with E-state index in [-0.39, 0.29) is 24.4 Å². The van der Waals surface area contributed by atoms with Crippen LogP contribution in [0.5, 0.6) is 11.5 Å². The van der Waals surface area contributed by atoms with E-state index in [4.69, 9.17) is 9.47 Å². The zero-order chi connectivity index (χ0) is 17.5. The van der Waals surface area contributed by atoms with E-state index in [1.54, 1.807) is 18.2 Å². The Morgan fingerprint density at radius 2 is 1.71 bits per heavy atom. The van der Waals surface area contributed by atoms with E-state index in [0.29, 0.717) is 23.0 Å². The molecular formula is C18H26N2O4. The van der Waals surface area contributed by atoms with Gasteiger partial charge < -0.3 is 20.1 Å². The molecule has 24 heavy (non-hydrogen) atoms. The molecule has 0 spiro atoms. The number of hydrogen-bond acceptors (Lipinski definition) is 4. The molecule has 2 atom stereocenters. The van der Waals surface area contributed by atoms with Gasteiger partial charge in [0.2, 0.25) is 5.91 Å². The first-order chi connectivity index (χ1) is 11.5. The third kappa shape index (κ3) is 4.88. The molecule has 0 bridgehead atoms. The van der Waals surface area contributed by atoms with E-state index in [9.17, 15) is 9.59 Å². The Morgan fingerprint density at radius 3 is 2.29 bits per heavy atom. The Bertz CT molecular complexity index is 566. The average Bonchev–Trinajstić information content (AvgIpc) is 2.61. The first-order valence-corrected chi connectivity index (χ1v) is 8.34. The second-order valence-corrected chi connectivity index (χ2v) is 6.22. The molecule has 2 N–H and O–H groups in total. The number of carbonyl (C=O) groups is 2. The molecule has 0 saturated heterocycles. The highest BCUT2D eigenvalue weighted by Gasteiger charge is 2.22. The fourth-order valence-electron chi connectivity index (χ4n) is 2.99. The van der Waals surface area contributed by atoms with Crippen LogP contribution in [0.3, 0.4) is 0 Å². The molecule has 1 aliphatic carbocycles. The van der Waals surface area contributed by atoms with Gasteiger partial charge in [0.05, 0.1) is 20.8 Å². The molecule has 0 unspecified atom stereocenters. The highest BCUT2D eigenvalue weighted by molar-refractivity contribution is 5.97. The Hall–Kier alpha value is -2.24. The average molecular weight is 334 g/mol. The van der Waals surface area contributed by atoms with E-state index >= 15 is 0 Å². The number of benzene rings is 1. The summed E-state index contributed by atoms with van der Waals surface area (Å²) < 4.78 is 10.3. The molecule has 1 saturated carbocycles. The summed E-state index contributed by atoms with van der Waals surface area (Å²) in [5.74, 6) is 1.05. The number of methoxy groups -OCH3 is 2. The maximum atomic E-state index is 12.2. The van der Waals surface area contributed by atoms with Gasteiger partial charge in [0.1, 0.15) is 11.5 Å². The van der Waals surface area contributed by atoms with Crippen LogP contribution in [0.4, 0.5) is 0 Å². The quantitative estimate of drug-likeness (QED) is 0.835. The lowest BCUT2D eigenvalue weighted by Crippen LogP contribution is -2.45. The Kier molecular flexibility index (Phi) is 6.46. The van der Waals surface area contributed by atoms with Crippen molar-refractivity contribution >= 4 is 11.8 Å². The fraction of sp³-hybridized carbons (Fsp3) is 0.556. The zero-order valence-electron chi connectivity index (χ0n) is 14.6. The highest BCUT2D eigenvalue weighted by atomic mass is 16.5. The lowest BCUT2D eigenvalue weighted by molar-refractivity contribution is -0.121. The zero-order valence-corrected chi connectivity index (χ0v) is 14.6. The number of hydrogen-bond donors (Lipinski definition) is 2. The van der Waals surface area contributed by atoms with Crippen LogP contribution in [-0.2, 0) is 4.79 Å². The van der Waals surface area contributed by atoms with Crippen molar-refractivity contribution in [2.75, 3.05) is 20.8 Å². The minimum atomic E-state index is -0.334. The molecule has 6 heteroatoms. The number of amides is 2. The van der Waals surface area contributed by atoms with Crippen LogP contribution in [0.25, 0.3) is 0 Å². The number of nitrogens with one attached hydrogen (secondary N) is 2. The van der Waals surface area contributed by atoms with Crippen molar-refractivity contribution in [2.45, 2.75) is 38.6 Å². The number of carbonyl (C=O) groups excluding carboxylic acids is 2. The third-order valence-electron chi connectivity index (χ3n) is 4.48. The van der Waals surface area contributed by atoms with Gasteiger partial charge in [0.15, 0.2) is 0 Å². The summed E-state index contributed by atoms with van der Waals surface area (Å²) in [4.78, 5) is 24.3. The Balaban J connectivity index is 1.89. The third-order valence-corrected chi connectivity index (χ3v) is 4.48. The lowest BCUT2D eigenvalue weighted by atomic mass is 9.86. The standard InChI is InChI=1S/C18H26N2O4/c1-12-6-4-5-7-16(12)20-17(21)11-19-18(22)13-8-14(23-2)10-15(9-13)24-3/h8-10,12,16H,4-7,11H2,1-3H3,(H,19,22)(H,20,21)/t12-,16+/m0/s1. The van der Waals surface area contributed by atoms with Gasteiger partial charge in [-0.1, -0.05) is 19.8 Å². The van der Waals surface area contributed by atoms with Gasteiger partial charge in [-0.3, -0.25) is 9.59 Å². The maximum absolute atomic E-state index is 12.2. The van der Waals surface area contributed by atoms with Gasteiger partial charge in [-0.2, -0.15) is 0 Å². The van der Waals surface area contributed by atoms with E-state index < -0.39 is 0 Å². The van der Waals surface area contributed by atoms with Crippen LogP contribution >= 0.6 is 0 Å². The second kappa shape index (κ2) is 8.57. The molecule has 0 aliphatic heterocycles. The monoisotopic (exact) mass is 334 g/mol. The summed E-state index contributed by atoms with van der Waals surface area (Å²) in [7, 11) is 3.05. The highest BCUT2D eigenvalue weighted by Crippen LogP contribution is 2.24. The van der Waals surface area contributed by atoms with E-state index in [0.717, 1.165) is 19.3 Å². The van der Waals surface area contributed by atoms with E-state index in [2.05, 4.69) is 17.6 Å². The largest absolute Gasteiger partial charge is 0.497 e. The van der Waals surface area contributed by atoms with Crippen LogP contribution in [0.1, 0.15) is 43.0 Å². The molecule has 0 heterocycles. The van der Waals surface area contributed by atoms with Crippen molar-refractivity contribution in [3.05, 3.63) is 23.8 Å². The molecule has 2 amide bonds. The molecule has 1 aliphatic rings. The molecule has 1 fully saturated rings. The summed E-state index contributed by atoms with van der Waals surface area (Å²) in [6, 6.07) is 5.12. The van der Waals surface area contributed by atoms with E-state index in [1.807, 2.05) is 0 Å². The summed E-state index contributed by atoms with van der Waals surface area (Å²) >= 11 is 0. The molecule has 1 aromatic rings. The first-order valence-electron chi connectivity index (χ1n) is 8.34. The van der Waals surface area contributed by atoms with Crippen LogP contribution < -0.4 is 20.1 Å². The molecule has 2 rings (SSSR count).